The van der Waals surface area contributed by atoms with Gasteiger partial charge in [-0.15, -0.1) is 0 Å². The Bertz CT molecular complexity index is 513. The number of alkyl halides is 3. The molecule has 0 aromatic heterocycles. The van der Waals surface area contributed by atoms with Crippen molar-refractivity contribution in [2.45, 2.75) is 38.4 Å². The van der Waals surface area contributed by atoms with Gasteiger partial charge in [0.05, 0.1) is 18.6 Å². The number of halogens is 3. The van der Waals surface area contributed by atoms with Crippen LogP contribution in [0.25, 0.3) is 0 Å². The average Bonchev–Trinajstić information content (AvgIpc) is 2.91. The number of amides is 1. The van der Waals surface area contributed by atoms with E-state index in [4.69, 9.17) is 0 Å². The van der Waals surface area contributed by atoms with E-state index >= 15 is 0 Å². The van der Waals surface area contributed by atoms with E-state index in [2.05, 4.69) is 0 Å². The van der Waals surface area contributed by atoms with Crippen LogP contribution in [-0.4, -0.2) is 41.3 Å². The molecular formula is C16H20F3NO2. The first-order chi connectivity index (χ1) is 10.4. The number of rotatable bonds is 4. The second-order valence-corrected chi connectivity index (χ2v) is 5.63. The number of carbonyl (C=O) groups excluding carboxylic acids is 1. The molecule has 6 heteroatoms. The predicted molar refractivity (Wildman–Crippen MR) is 76.5 cm³/mol. The van der Waals surface area contributed by atoms with Crippen LogP contribution in [0, 0.1) is 5.92 Å². The van der Waals surface area contributed by atoms with Gasteiger partial charge < -0.3 is 10.0 Å². The molecule has 1 fully saturated rings. The van der Waals surface area contributed by atoms with Gasteiger partial charge in [-0.3, -0.25) is 4.79 Å². The van der Waals surface area contributed by atoms with Crippen molar-refractivity contribution in [3.05, 3.63) is 35.4 Å². The van der Waals surface area contributed by atoms with E-state index in [0.717, 1.165) is 23.3 Å². The van der Waals surface area contributed by atoms with E-state index in [1.54, 1.807) is 12.1 Å². The van der Waals surface area contributed by atoms with E-state index in [-0.39, 0.29) is 13.0 Å². The first-order valence-corrected chi connectivity index (χ1v) is 7.46. The van der Waals surface area contributed by atoms with Gasteiger partial charge in [-0.1, -0.05) is 25.5 Å². The Morgan fingerprint density at radius 1 is 1.32 bits per heavy atom. The van der Waals surface area contributed by atoms with E-state index in [0.29, 0.717) is 5.56 Å². The van der Waals surface area contributed by atoms with Crippen LogP contribution in [0.1, 0.15) is 35.7 Å². The van der Waals surface area contributed by atoms with Crippen molar-refractivity contribution in [1.29, 1.82) is 0 Å². The Hall–Kier alpha value is -1.56. The van der Waals surface area contributed by atoms with Gasteiger partial charge in [-0.2, -0.15) is 13.2 Å². The van der Waals surface area contributed by atoms with Gasteiger partial charge in [0, 0.05) is 12.1 Å². The third-order valence-corrected chi connectivity index (χ3v) is 4.15. The summed E-state index contributed by atoms with van der Waals surface area (Å²) in [4.78, 5) is 13.6. The Kier molecular flexibility index (Phi) is 5.11. The summed E-state index contributed by atoms with van der Waals surface area (Å²) in [6.45, 7) is 1.39. The molecular weight excluding hydrogens is 295 g/mol. The van der Waals surface area contributed by atoms with Crippen molar-refractivity contribution in [3.8, 4) is 0 Å². The molecule has 2 atom stereocenters. The maximum atomic E-state index is 12.9. The first kappa shape index (κ1) is 16.8. The van der Waals surface area contributed by atoms with Crippen molar-refractivity contribution >= 4 is 5.91 Å². The van der Waals surface area contributed by atoms with Crippen molar-refractivity contribution in [2.24, 2.45) is 5.92 Å². The number of hydrogen-bond donors (Lipinski definition) is 1. The number of likely N-dealkylation sites (tertiary alicyclic amines) is 1. The second kappa shape index (κ2) is 6.69. The zero-order valence-electron chi connectivity index (χ0n) is 12.4. The van der Waals surface area contributed by atoms with Crippen LogP contribution in [0.15, 0.2) is 24.3 Å². The summed E-state index contributed by atoms with van der Waals surface area (Å²) in [5, 5.41) is 9.29. The maximum Gasteiger partial charge on any atom is 0.393 e. The number of aryl methyl sites for hydroxylation is 1. The van der Waals surface area contributed by atoms with Crippen molar-refractivity contribution in [1.82, 2.24) is 4.90 Å². The minimum atomic E-state index is -4.40. The molecule has 0 bridgehead atoms. The molecule has 0 radical (unpaired) electrons. The lowest BCUT2D eigenvalue weighted by atomic mass is 10.00. The minimum Gasteiger partial charge on any atom is -0.394 e. The number of aliphatic hydroxyl groups excluding tert-OH is 1. The summed E-state index contributed by atoms with van der Waals surface area (Å²) in [6.07, 6.45) is -2.67. The normalized spacial score (nSPS) is 22.1. The van der Waals surface area contributed by atoms with E-state index in [9.17, 15) is 23.1 Å². The fourth-order valence-corrected chi connectivity index (χ4v) is 2.98. The molecule has 1 amide bonds. The number of hydrogen-bond acceptors (Lipinski definition) is 2. The van der Waals surface area contributed by atoms with Crippen LogP contribution >= 0.6 is 0 Å². The summed E-state index contributed by atoms with van der Waals surface area (Å²) in [5.74, 6) is -2.10. The van der Waals surface area contributed by atoms with E-state index in [1.165, 1.54) is 0 Å². The highest BCUT2D eigenvalue weighted by molar-refractivity contribution is 5.94. The maximum absolute atomic E-state index is 12.9. The van der Waals surface area contributed by atoms with Gasteiger partial charge >= 0.3 is 6.18 Å². The van der Waals surface area contributed by atoms with Gasteiger partial charge in [0.1, 0.15) is 0 Å². The molecule has 1 aromatic carbocycles. The molecule has 1 aromatic rings. The summed E-state index contributed by atoms with van der Waals surface area (Å²) in [5.41, 5.74) is 1.45. The van der Waals surface area contributed by atoms with Gasteiger partial charge in [-0.05, 0) is 30.5 Å². The lowest BCUT2D eigenvalue weighted by Crippen LogP contribution is -2.44. The summed E-state index contributed by atoms with van der Waals surface area (Å²) in [7, 11) is 0. The number of benzene rings is 1. The Morgan fingerprint density at radius 3 is 2.45 bits per heavy atom. The molecule has 2 unspecified atom stereocenters. The topological polar surface area (TPSA) is 40.5 Å². The number of nitrogens with zero attached hydrogens (tertiary/aromatic N) is 1. The fraction of sp³-hybridized carbons (Fsp3) is 0.562. The summed E-state index contributed by atoms with van der Waals surface area (Å²) < 4.78 is 38.8. The molecule has 122 valence electrons. The first-order valence-electron chi connectivity index (χ1n) is 7.46. The van der Waals surface area contributed by atoms with Gasteiger partial charge in [0.15, 0.2) is 0 Å². The highest BCUT2D eigenvalue weighted by atomic mass is 19.4. The monoisotopic (exact) mass is 315 g/mol. The third kappa shape index (κ3) is 3.43. The molecule has 0 aliphatic carbocycles. The smallest absolute Gasteiger partial charge is 0.393 e. The predicted octanol–water partition coefficient (Wildman–Crippen LogP) is 3.02. The lowest BCUT2D eigenvalue weighted by Gasteiger charge is -2.27. The molecule has 0 spiro atoms. The fourth-order valence-electron chi connectivity index (χ4n) is 2.98. The molecule has 3 nitrogen and oxygen atoms in total. The Morgan fingerprint density at radius 2 is 1.95 bits per heavy atom. The van der Waals surface area contributed by atoms with Crippen molar-refractivity contribution in [3.63, 3.8) is 0 Å². The zero-order chi connectivity index (χ0) is 16.3. The Labute approximate surface area is 127 Å². The van der Waals surface area contributed by atoms with Gasteiger partial charge in [0.2, 0.25) is 0 Å². The molecule has 1 N–H and O–H groups in total. The van der Waals surface area contributed by atoms with E-state index < -0.39 is 30.7 Å². The molecule has 1 heterocycles. The molecule has 22 heavy (non-hydrogen) atoms. The third-order valence-electron chi connectivity index (χ3n) is 4.15. The lowest BCUT2D eigenvalue weighted by molar-refractivity contribution is -0.181. The molecule has 0 saturated carbocycles. The molecule has 1 aliphatic rings. The Balaban J connectivity index is 2.15. The highest BCUT2D eigenvalue weighted by Crippen LogP contribution is 2.38. The van der Waals surface area contributed by atoms with E-state index in [1.807, 2.05) is 19.1 Å². The largest absolute Gasteiger partial charge is 0.394 e. The van der Waals surface area contributed by atoms with Crippen molar-refractivity contribution < 1.29 is 23.1 Å². The molecule has 1 aliphatic heterocycles. The van der Waals surface area contributed by atoms with Crippen LogP contribution in [0.4, 0.5) is 13.2 Å². The van der Waals surface area contributed by atoms with Crippen LogP contribution in [0.5, 0.6) is 0 Å². The van der Waals surface area contributed by atoms with Crippen LogP contribution < -0.4 is 0 Å². The minimum absolute atomic E-state index is 0.0188. The van der Waals surface area contributed by atoms with Crippen molar-refractivity contribution in [2.75, 3.05) is 13.2 Å². The average molecular weight is 315 g/mol. The molecule has 2 rings (SSSR count). The van der Waals surface area contributed by atoms with Crippen LogP contribution in [-0.2, 0) is 6.42 Å². The summed E-state index contributed by atoms with van der Waals surface area (Å²) >= 11 is 0. The number of carbonyl (C=O) groups is 1. The van der Waals surface area contributed by atoms with Gasteiger partial charge in [0.25, 0.3) is 5.91 Å². The number of aliphatic hydroxyl groups is 1. The zero-order valence-corrected chi connectivity index (χ0v) is 12.4. The summed E-state index contributed by atoms with van der Waals surface area (Å²) in [6, 6.07) is 5.73. The van der Waals surface area contributed by atoms with Crippen LogP contribution in [0.2, 0.25) is 0 Å². The second-order valence-electron chi connectivity index (χ2n) is 5.63. The van der Waals surface area contributed by atoms with Gasteiger partial charge in [-0.25, -0.2) is 0 Å². The van der Waals surface area contributed by atoms with Crippen LogP contribution in [0.3, 0.4) is 0 Å². The quantitative estimate of drug-likeness (QED) is 0.928. The molecule has 1 saturated heterocycles. The SMILES string of the molecule is CCCc1ccc(C(=O)N2CCC(C(F)(F)F)C2CO)cc1. The standard InChI is InChI=1S/C16H20F3NO2/c1-2-3-11-4-6-12(7-5-11)15(22)20-9-8-13(14(20)10-21)16(17,18)19/h4-7,13-14,21H,2-3,8-10H2,1H3. The highest BCUT2D eigenvalue weighted by Gasteiger charge is 2.51.